The zero-order valence-electron chi connectivity index (χ0n) is 11.7. The number of hydrogen-bond acceptors (Lipinski definition) is 3. The van der Waals surface area contributed by atoms with E-state index in [0.717, 1.165) is 18.9 Å². The van der Waals surface area contributed by atoms with Crippen LogP contribution in [-0.4, -0.2) is 23.8 Å². The van der Waals surface area contributed by atoms with Crippen molar-refractivity contribution in [3.63, 3.8) is 0 Å². The van der Waals surface area contributed by atoms with E-state index in [9.17, 15) is 9.90 Å². The molecular formula is C15H28O3. The summed E-state index contributed by atoms with van der Waals surface area (Å²) >= 11 is 0. The van der Waals surface area contributed by atoms with Gasteiger partial charge in [-0.1, -0.05) is 64.9 Å². The number of aliphatic hydroxyl groups excluding tert-OH is 1. The SMILES string of the molecule is C=CC(=O)OCC(O)CCCCCCCCCC. The quantitative estimate of drug-likeness (QED) is 0.329. The predicted molar refractivity (Wildman–Crippen MR) is 74.4 cm³/mol. The molecule has 0 saturated heterocycles. The van der Waals surface area contributed by atoms with Crippen LogP contribution in [0.1, 0.15) is 64.7 Å². The Bertz CT molecular complexity index is 214. The molecule has 0 spiro atoms. The van der Waals surface area contributed by atoms with E-state index in [4.69, 9.17) is 4.74 Å². The minimum Gasteiger partial charge on any atom is -0.460 e. The van der Waals surface area contributed by atoms with Gasteiger partial charge in [-0.3, -0.25) is 0 Å². The summed E-state index contributed by atoms with van der Waals surface area (Å²) in [5, 5.41) is 9.55. The molecule has 0 aliphatic heterocycles. The number of carbonyl (C=O) groups excluding carboxylic acids is 1. The van der Waals surface area contributed by atoms with E-state index in [1.165, 1.54) is 38.5 Å². The highest BCUT2D eigenvalue weighted by Crippen LogP contribution is 2.10. The van der Waals surface area contributed by atoms with Gasteiger partial charge in [-0.25, -0.2) is 4.79 Å². The molecule has 0 amide bonds. The molecule has 0 aliphatic rings. The molecule has 0 aliphatic carbocycles. The Morgan fingerprint density at radius 3 is 2.28 bits per heavy atom. The lowest BCUT2D eigenvalue weighted by Gasteiger charge is -2.10. The molecule has 0 aromatic rings. The summed E-state index contributed by atoms with van der Waals surface area (Å²) < 4.78 is 4.77. The second-order valence-electron chi connectivity index (χ2n) is 4.75. The van der Waals surface area contributed by atoms with Gasteiger partial charge in [-0.2, -0.15) is 0 Å². The maximum Gasteiger partial charge on any atom is 0.330 e. The van der Waals surface area contributed by atoms with E-state index in [1.807, 2.05) is 0 Å². The third-order valence-electron chi connectivity index (χ3n) is 2.98. The fourth-order valence-corrected chi connectivity index (χ4v) is 1.83. The van der Waals surface area contributed by atoms with Gasteiger partial charge in [0, 0.05) is 6.08 Å². The van der Waals surface area contributed by atoms with Crippen LogP contribution < -0.4 is 0 Å². The van der Waals surface area contributed by atoms with Crippen LogP contribution in [0.2, 0.25) is 0 Å². The molecule has 0 radical (unpaired) electrons. The maximum atomic E-state index is 10.8. The van der Waals surface area contributed by atoms with Gasteiger partial charge < -0.3 is 9.84 Å². The summed E-state index contributed by atoms with van der Waals surface area (Å²) in [5.74, 6) is -0.468. The smallest absolute Gasteiger partial charge is 0.330 e. The van der Waals surface area contributed by atoms with E-state index in [-0.39, 0.29) is 6.61 Å². The van der Waals surface area contributed by atoms with Crippen molar-refractivity contribution in [1.82, 2.24) is 0 Å². The topological polar surface area (TPSA) is 46.5 Å². The molecule has 0 aromatic heterocycles. The summed E-state index contributed by atoms with van der Waals surface area (Å²) in [6, 6.07) is 0. The lowest BCUT2D eigenvalue weighted by Crippen LogP contribution is -2.17. The molecule has 18 heavy (non-hydrogen) atoms. The summed E-state index contributed by atoms with van der Waals surface area (Å²) in [7, 11) is 0. The Labute approximate surface area is 111 Å². The van der Waals surface area contributed by atoms with Gasteiger partial charge >= 0.3 is 5.97 Å². The second-order valence-corrected chi connectivity index (χ2v) is 4.75. The van der Waals surface area contributed by atoms with Crippen molar-refractivity contribution in [3.8, 4) is 0 Å². The zero-order valence-corrected chi connectivity index (χ0v) is 11.7. The molecule has 0 heterocycles. The Morgan fingerprint density at radius 1 is 1.17 bits per heavy atom. The van der Waals surface area contributed by atoms with Gasteiger partial charge in [0.05, 0.1) is 6.10 Å². The van der Waals surface area contributed by atoms with Crippen molar-refractivity contribution >= 4 is 5.97 Å². The molecular weight excluding hydrogens is 228 g/mol. The Hall–Kier alpha value is -0.830. The lowest BCUT2D eigenvalue weighted by atomic mass is 10.1. The van der Waals surface area contributed by atoms with Crippen LogP contribution in [0.4, 0.5) is 0 Å². The zero-order chi connectivity index (χ0) is 13.6. The molecule has 3 nitrogen and oxygen atoms in total. The first-order valence-electron chi connectivity index (χ1n) is 7.18. The molecule has 0 bridgehead atoms. The number of hydrogen-bond donors (Lipinski definition) is 1. The van der Waals surface area contributed by atoms with E-state index in [2.05, 4.69) is 13.5 Å². The van der Waals surface area contributed by atoms with Crippen molar-refractivity contribution in [1.29, 1.82) is 0 Å². The number of esters is 1. The van der Waals surface area contributed by atoms with Crippen LogP contribution in [0.15, 0.2) is 12.7 Å². The number of ether oxygens (including phenoxy) is 1. The maximum absolute atomic E-state index is 10.8. The molecule has 1 atom stereocenters. The summed E-state index contributed by atoms with van der Waals surface area (Å²) in [6.07, 6.45) is 11.3. The van der Waals surface area contributed by atoms with Crippen LogP contribution in [-0.2, 0) is 9.53 Å². The van der Waals surface area contributed by atoms with Crippen LogP contribution in [0.3, 0.4) is 0 Å². The van der Waals surface area contributed by atoms with Gasteiger partial charge in [-0.05, 0) is 6.42 Å². The van der Waals surface area contributed by atoms with Gasteiger partial charge in [-0.15, -0.1) is 0 Å². The van der Waals surface area contributed by atoms with E-state index >= 15 is 0 Å². The summed E-state index contributed by atoms with van der Waals surface area (Å²) in [6.45, 7) is 5.61. The third-order valence-corrected chi connectivity index (χ3v) is 2.98. The fourth-order valence-electron chi connectivity index (χ4n) is 1.83. The van der Waals surface area contributed by atoms with Crippen molar-refractivity contribution in [2.45, 2.75) is 70.8 Å². The number of rotatable bonds is 12. The first kappa shape index (κ1) is 17.2. The van der Waals surface area contributed by atoms with Gasteiger partial charge in [0.1, 0.15) is 6.61 Å². The van der Waals surface area contributed by atoms with Gasteiger partial charge in [0.25, 0.3) is 0 Å². The highest BCUT2D eigenvalue weighted by atomic mass is 16.5. The average Bonchev–Trinajstić information content (AvgIpc) is 2.39. The molecule has 1 N–H and O–H groups in total. The normalized spacial score (nSPS) is 12.1. The monoisotopic (exact) mass is 256 g/mol. The van der Waals surface area contributed by atoms with E-state index in [1.54, 1.807) is 0 Å². The summed E-state index contributed by atoms with van der Waals surface area (Å²) in [5.41, 5.74) is 0. The van der Waals surface area contributed by atoms with Crippen LogP contribution in [0.5, 0.6) is 0 Å². The Kier molecular flexibility index (Phi) is 12.0. The van der Waals surface area contributed by atoms with E-state index in [0.29, 0.717) is 6.42 Å². The molecule has 3 heteroatoms. The summed E-state index contributed by atoms with van der Waals surface area (Å²) in [4.78, 5) is 10.8. The molecule has 0 rings (SSSR count). The Morgan fingerprint density at radius 2 is 1.72 bits per heavy atom. The predicted octanol–water partition coefficient (Wildman–Crippen LogP) is 3.61. The number of unbranched alkanes of at least 4 members (excludes halogenated alkanes) is 7. The van der Waals surface area contributed by atoms with Crippen molar-refractivity contribution in [3.05, 3.63) is 12.7 Å². The first-order chi connectivity index (χ1) is 8.70. The third kappa shape index (κ3) is 11.6. The molecule has 106 valence electrons. The average molecular weight is 256 g/mol. The van der Waals surface area contributed by atoms with Crippen molar-refractivity contribution < 1.29 is 14.6 Å². The number of carbonyl (C=O) groups is 1. The second kappa shape index (κ2) is 12.6. The minimum absolute atomic E-state index is 0.0847. The highest BCUT2D eigenvalue weighted by Gasteiger charge is 2.06. The highest BCUT2D eigenvalue weighted by molar-refractivity contribution is 5.81. The largest absolute Gasteiger partial charge is 0.460 e. The molecule has 0 fully saturated rings. The van der Waals surface area contributed by atoms with E-state index < -0.39 is 12.1 Å². The minimum atomic E-state index is -0.533. The van der Waals surface area contributed by atoms with Gasteiger partial charge in [0.15, 0.2) is 0 Å². The molecule has 0 aromatic carbocycles. The lowest BCUT2D eigenvalue weighted by molar-refractivity contribution is -0.140. The van der Waals surface area contributed by atoms with Crippen LogP contribution >= 0.6 is 0 Å². The first-order valence-corrected chi connectivity index (χ1v) is 7.18. The van der Waals surface area contributed by atoms with Gasteiger partial charge in [0.2, 0.25) is 0 Å². The van der Waals surface area contributed by atoms with Crippen molar-refractivity contribution in [2.75, 3.05) is 6.61 Å². The molecule has 1 unspecified atom stereocenters. The molecule has 0 saturated carbocycles. The fraction of sp³-hybridized carbons (Fsp3) is 0.800. The van der Waals surface area contributed by atoms with Crippen LogP contribution in [0.25, 0.3) is 0 Å². The van der Waals surface area contributed by atoms with Crippen LogP contribution in [0, 0.1) is 0 Å². The standard InChI is InChI=1S/C15H28O3/c1-3-5-6-7-8-9-10-11-12-14(16)13-18-15(17)4-2/h4,14,16H,2-3,5-13H2,1H3. The number of aliphatic hydroxyl groups is 1. The van der Waals surface area contributed by atoms with Crippen molar-refractivity contribution in [2.24, 2.45) is 0 Å². The Balaban J connectivity index is 3.22.